The van der Waals surface area contributed by atoms with Crippen molar-refractivity contribution in [3.05, 3.63) is 24.3 Å². The molecule has 0 unspecified atom stereocenters. The summed E-state index contributed by atoms with van der Waals surface area (Å²) >= 11 is 0. The minimum absolute atomic E-state index is 0.151. The Balaban J connectivity index is 1.61. The summed E-state index contributed by atoms with van der Waals surface area (Å²) in [5.74, 6) is 1.52. The molecule has 0 radical (unpaired) electrons. The zero-order valence-electron chi connectivity index (χ0n) is 16.8. The molecular weight excluding hydrogens is 348 g/mol. The third-order valence-corrected chi connectivity index (χ3v) is 4.84. The van der Waals surface area contributed by atoms with Gasteiger partial charge in [0.1, 0.15) is 69.6 Å². The van der Waals surface area contributed by atoms with Crippen LogP contribution >= 0.6 is 0 Å². The van der Waals surface area contributed by atoms with Crippen LogP contribution in [0.2, 0.25) is 0 Å². The molecule has 1 aliphatic rings. The van der Waals surface area contributed by atoms with E-state index < -0.39 is 12.2 Å². The molecule has 27 heavy (non-hydrogen) atoms. The fourth-order valence-electron chi connectivity index (χ4n) is 3.32. The van der Waals surface area contributed by atoms with Gasteiger partial charge >= 0.3 is 0 Å². The van der Waals surface area contributed by atoms with E-state index in [0.29, 0.717) is 13.2 Å². The molecule has 1 aromatic rings. The summed E-state index contributed by atoms with van der Waals surface area (Å²) in [7, 11) is 1.63. The molecule has 7 heteroatoms. The van der Waals surface area contributed by atoms with E-state index in [4.69, 9.17) is 14.2 Å². The number of hydrogen-bond acceptors (Lipinski definition) is 5. The number of piperazine rings is 1. The number of rotatable bonds is 11. The molecule has 1 aromatic carbocycles. The first kappa shape index (κ1) is 21.9. The van der Waals surface area contributed by atoms with Crippen LogP contribution in [0.3, 0.4) is 0 Å². The summed E-state index contributed by atoms with van der Waals surface area (Å²) in [6.07, 6.45) is -0.751. The number of methoxy groups -OCH3 is 1. The second-order valence-corrected chi connectivity index (χ2v) is 7.58. The van der Waals surface area contributed by atoms with Crippen LogP contribution in [0.1, 0.15) is 13.8 Å². The summed E-state index contributed by atoms with van der Waals surface area (Å²) in [4.78, 5) is 2.79. The van der Waals surface area contributed by atoms with Crippen molar-refractivity contribution in [1.29, 1.82) is 0 Å². The maximum Gasteiger partial charge on any atom is 0.137 e. The molecule has 1 saturated heterocycles. The highest BCUT2D eigenvalue weighted by atomic mass is 16.5. The quantitative estimate of drug-likeness (QED) is 0.355. The Hall–Kier alpha value is -1.38. The van der Waals surface area contributed by atoms with Crippen LogP contribution in [0.4, 0.5) is 0 Å². The molecular formula is C20H36N2O5+2. The van der Waals surface area contributed by atoms with Crippen LogP contribution in [0.25, 0.3) is 0 Å². The molecule has 7 nitrogen and oxygen atoms in total. The maximum atomic E-state index is 10.3. The highest BCUT2D eigenvalue weighted by Crippen LogP contribution is 2.16. The first-order chi connectivity index (χ1) is 13.0. The van der Waals surface area contributed by atoms with Crippen LogP contribution in [-0.4, -0.2) is 88.1 Å². The van der Waals surface area contributed by atoms with Gasteiger partial charge in [-0.25, -0.2) is 0 Å². The average molecular weight is 385 g/mol. The Morgan fingerprint density at radius 1 is 0.852 bits per heavy atom. The third kappa shape index (κ3) is 8.45. The monoisotopic (exact) mass is 384 g/mol. The third-order valence-electron chi connectivity index (χ3n) is 4.84. The smallest absolute Gasteiger partial charge is 0.137 e. The van der Waals surface area contributed by atoms with Crippen molar-refractivity contribution in [1.82, 2.24) is 0 Å². The number of hydrogen-bond donors (Lipinski definition) is 4. The lowest BCUT2D eigenvalue weighted by atomic mass is 10.2. The predicted octanol–water partition coefficient (Wildman–Crippen LogP) is -2.00. The van der Waals surface area contributed by atoms with Gasteiger partial charge in [-0.3, -0.25) is 0 Å². The maximum absolute atomic E-state index is 10.3. The number of nitrogens with one attached hydrogen (secondary N) is 2. The fourth-order valence-corrected chi connectivity index (χ4v) is 3.32. The molecule has 1 heterocycles. The van der Waals surface area contributed by atoms with Crippen LogP contribution in [0, 0.1) is 0 Å². The van der Waals surface area contributed by atoms with Gasteiger partial charge in [0.2, 0.25) is 0 Å². The van der Waals surface area contributed by atoms with Gasteiger partial charge in [0.15, 0.2) is 0 Å². The Morgan fingerprint density at radius 2 is 1.33 bits per heavy atom. The summed E-state index contributed by atoms with van der Waals surface area (Å²) in [6, 6.07) is 7.37. The van der Waals surface area contributed by atoms with Gasteiger partial charge in [0.05, 0.1) is 19.8 Å². The second-order valence-electron chi connectivity index (χ2n) is 7.58. The van der Waals surface area contributed by atoms with E-state index in [2.05, 4.69) is 0 Å². The molecule has 0 aliphatic carbocycles. The number of benzene rings is 1. The van der Waals surface area contributed by atoms with E-state index in [0.717, 1.165) is 44.2 Å². The van der Waals surface area contributed by atoms with Gasteiger partial charge in [-0.2, -0.15) is 0 Å². The standard InChI is InChI=1S/C20H34N2O5/c1-16(2)26-14-17(23)12-21-8-10-22(11-9-21)13-18(24)15-27-20-6-4-19(25-3)5-7-20/h4-7,16-18,23-24H,8-15H2,1-3H3/p+2/t17-,18-/m1/s1. The summed E-state index contributed by atoms with van der Waals surface area (Å²) in [5.41, 5.74) is 0. The predicted molar refractivity (Wildman–Crippen MR) is 103 cm³/mol. The lowest BCUT2D eigenvalue weighted by Gasteiger charge is -2.31. The zero-order valence-corrected chi connectivity index (χ0v) is 16.8. The molecule has 2 rings (SSSR count). The molecule has 0 aromatic heterocycles. The van der Waals surface area contributed by atoms with Crippen molar-refractivity contribution in [3.63, 3.8) is 0 Å². The summed E-state index contributed by atoms with van der Waals surface area (Å²) in [6.45, 7) is 10.0. The van der Waals surface area contributed by atoms with Gasteiger partial charge in [-0.05, 0) is 38.1 Å². The highest BCUT2D eigenvalue weighted by molar-refractivity contribution is 5.31. The van der Waals surface area contributed by atoms with Crippen molar-refractivity contribution < 1.29 is 34.2 Å². The minimum Gasteiger partial charge on any atom is -0.497 e. The molecule has 0 bridgehead atoms. The Kier molecular flexibility index (Phi) is 9.30. The largest absolute Gasteiger partial charge is 0.497 e. The number of aliphatic hydroxyl groups is 2. The second kappa shape index (κ2) is 11.5. The van der Waals surface area contributed by atoms with Crippen molar-refractivity contribution in [3.8, 4) is 11.5 Å². The number of aliphatic hydroxyl groups excluding tert-OH is 2. The van der Waals surface area contributed by atoms with Crippen molar-refractivity contribution in [2.24, 2.45) is 0 Å². The number of quaternary nitrogens is 2. The van der Waals surface area contributed by atoms with Crippen LogP contribution in [0.5, 0.6) is 11.5 Å². The van der Waals surface area contributed by atoms with Crippen molar-refractivity contribution in [2.75, 3.05) is 59.6 Å². The van der Waals surface area contributed by atoms with Gasteiger partial charge < -0.3 is 34.2 Å². The van der Waals surface area contributed by atoms with E-state index in [-0.39, 0.29) is 12.7 Å². The number of ether oxygens (including phenoxy) is 3. The van der Waals surface area contributed by atoms with Gasteiger partial charge in [0.25, 0.3) is 0 Å². The zero-order chi connectivity index (χ0) is 19.6. The first-order valence-electron chi connectivity index (χ1n) is 9.88. The van der Waals surface area contributed by atoms with E-state index in [1.54, 1.807) is 7.11 Å². The Morgan fingerprint density at radius 3 is 1.81 bits per heavy atom. The average Bonchev–Trinajstić information content (AvgIpc) is 2.66. The lowest BCUT2D eigenvalue weighted by Crippen LogP contribution is -3.29. The fraction of sp³-hybridized carbons (Fsp3) is 0.700. The van der Waals surface area contributed by atoms with E-state index in [1.165, 1.54) is 9.80 Å². The SMILES string of the molecule is COc1ccc(OC[C@H](O)C[NH+]2CC[NH+](C[C@@H](O)COC(C)C)CC2)cc1. The molecule has 154 valence electrons. The molecule has 0 amide bonds. The molecule has 2 atom stereocenters. The Bertz CT molecular complexity index is 518. The molecule has 0 spiro atoms. The van der Waals surface area contributed by atoms with Gasteiger partial charge in [0, 0.05) is 0 Å². The Labute approximate surface area is 162 Å². The first-order valence-corrected chi connectivity index (χ1v) is 9.88. The molecule has 4 N–H and O–H groups in total. The van der Waals surface area contributed by atoms with E-state index >= 15 is 0 Å². The normalized spacial score (nSPS) is 22.4. The molecule has 0 saturated carbocycles. The summed E-state index contributed by atoms with van der Waals surface area (Å²) in [5, 5.41) is 20.3. The van der Waals surface area contributed by atoms with Crippen LogP contribution < -0.4 is 19.3 Å². The van der Waals surface area contributed by atoms with Crippen LogP contribution in [0.15, 0.2) is 24.3 Å². The summed E-state index contributed by atoms with van der Waals surface area (Å²) < 4.78 is 16.2. The molecule has 1 fully saturated rings. The molecule has 1 aliphatic heterocycles. The topological polar surface area (TPSA) is 77.0 Å². The van der Waals surface area contributed by atoms with Crippen LogP contribution in [-0.2, 0) is 4.74 Å². The van der Waals surface area contributed by atoms with E-state index in [1.807, 2.05) is 38.1 Å². The van der Waals surface area contributed by atoms with E-state index in [9.17, 15) is 10.2 Å². The van der Waals surface area contributed by atoms with Crippen molar-refractivity contribution >= 4 is 0 Å². The highest BCUT2D eigenvalue weighted by Gasteiger charge is 2.26. The van der Waals surface area contributed by atoms with Gasteiger partial charge in [-0.15, -0.1) is 0 Å². The van der Waals surface area contributed by atoms with Gasteiger partial charge in [-0.1, -0.05) is 0 Å². The lowest BCUT2D eigenvalue weighted by molar-refractivity contribution is -1.01. The minimum atomic E-state index is -0.492. The van der Waals surface area contributed by atoms with Crippen molar-refractivity contribution in [2.45, 2.75) is 32.2 Å².